The predicted octanol–water partition coefficient (Wildman–Crippen LogP) is 18.0. The Morgan fingerprint density at radius 2 is 0.721 bits per heavy atom. The van der Waals surface area contributed by atoms with Crippen LogP contribution in [0.4, 0.5) is 17.1 Å². The number of hydrogen-bond acceptors (Lipinski definition) is 1. The lowest BCUT2D eigenvalue weighted by atomic mass is 9.68. The first-order valence-electron chi connectivity index (χ1n) is 23.6. The zero-order chi connectivity index (χ0) is 45.0. The van der Waals surface area contributed by atoms with Gasteiger partial charge < -0.3 is 4.90 Å². The second-order valence-corrected chi connectivity index (χ2v) is 17.9. The van der Waals surface area contributed by atoms with E-state index in [4.69, 9.17) is 0 Å². The van der Waals surface area contributed by atoms with Crippen molar-refractivity contribution in [1.82, 2.24) is 0 Å². The fourth-order valence-corrected chi connectivity index (χ4v) is 11.5. The summed E-state index contributed by atoms with van der Waals surface area (Å²) in [5.41, 5.74) is 17.6. The Labute approximate surface area is 397 Å². The van der Waals surface area contributed by atoms with Crippen LogP contribution in [0.25, 0.3) is 76.8 Å². The van der Waals surface area contributed by atoms with E-state index in [0.717, 1.165) is 28.2 Å². The summed E-state index contributed by atoms with van der Waals surface area (Å²) in [7, 11) is 0. The average molecular weight is 864 g/mol. The summed E-state index contributed by atoms with van der Waals surface area (Å²) in [6, 6.07) is 101. The number of rotatable bonds is 8. The molecule has 0 atom stereocenters. The molecule has 12 aromatic rings. The molecule has 0 bridgehead atoms. The maximum Gasteiger partial charge on any atom is 0.0714 e. The van der Waals surface area contributed by atoms with Crippen molar-refractivity contribution in [3.05, 3.63) is 295 Å². The van der Waals surface area contributed by atoms with Crippen LogP contribution in [0.1, 0.15) is 22.3 Å². The first kappa shape index (κ1) is 39.6. The number of hydrogen-bond donors (Lipinski definition) is 0. The lowest BCUT2D eigenvalue weighted by Gasteiger charge is -2.35. The minimum absolute atomic E-state index is 0.542. The molecule has 0 spiro atoms. The molecule has 0 radical (unpaired) electrons. The summed E-state index contributed by atoms with van der Waals surface area (Å²) in [5.74, 6) is 0. The van der Waals surface area contributed by atoms with Gasteiger partial charge in [0.15, 0.2) is 0 Å². The van der Waals surface area contributed by atoms with Gasteiger partial charge in [-0.3, -0.25) is 0 Å². The minimum Gasteiger partial charge on any atom is -0.309 e. The molecule has 0 saturated heterocycles. The number of para-hydroxylation sites is 1. The average Bonchev–Trinajstić information content (AvgIpc) is 3.73. The van der Waals surface area contributed by atoms with E-state index in [-0.39, 0.29) is 0 Å². The van der Waals surface area contributed by atoms with E-state index in [1.54, 1.807) is 0 Å². The van der Waals surface area contributed by atoms with E-state index in [1.165, 1.54) is 88.0 Å². The highest BCUT2D eigenvalue weighted by Gasteiger charge is 2.47. The predicted molar refractivity (Wildman–Crippen MR) is 287 cm³/mol. The highest BCUT2D eigenvalue weighted by molar-refractivity contribution is 6.22. The topological polar surface area (TPSA) is 3.24 Å². The van der Waals surface area contributed by atoms with E-state index in [1.807, 2.05) is 0 Å². The molecule has 68 heavy (non-hydrogen) atoms. The molecule has 318 valence electrons. The molecule has 0 fully saturated rings. The zero-order valence-corrected chi connectivity index (χ0v) is 37.4. The van der Waals surface area contributed by atoms with Crippen LogP contribution in [0.15, 0.2) is 273 Å². The molecule has 0 unspecified atom stereocenters. The van der Waals surface area contributed by atoms with Gasteiger partial charge in [0.05, 0.1) is 22.5 Å². The smallest absolute Gasteiger partial charge is 0.0714 e. The molecule has 0 amide bonds. The fraction of sp³-hybridized carbons (Fsp3) is 0.0149. The number of fused-ring (bicyclic) bond motifs is 7. The Hall–Kier alpha value is -8.78. The molecule has 13 rings (SSSR count). The van der Waals surface area contributed by atoms with Crippen molar-refractivity contribution < 1.29 is 0 Å². The lowest BCUT2D eigenvalue weighted by molar-refractivity contribution is 0.768. The standard InChI is InChI=1S/C67H45N/c1-5-24-47(25-6-1)64-56-36-16-15-35-54(56)55-44-43-49(45-58(55)65(64)48-26-7-2-8-27-48)53-34-18-20-40-61(53)68(62-41-21-28-46-23-13-14-33-52(46)62)63-42-22-39-60-66(63)57-37-17-19-38-59(57)67(60,50-29-9-3-10-30-50)51-31-11-4-12-32-51/h1-45H. The Balaban J connectivity index is 1.12. The SMILES string of the molecule is c1ccc(-c2c(-c3ccccc3)c3cc(-c4ccccc4N(c4cccc5c4-c4ccccc4C5(c4ccccc4)c4ccccc4)c4cccc5ccccc45)ccc3c3ccccc23)cc1. The second-order valence-electron chi connectivity index (χ2n) is 17.9. The summed E-state index contributed by atoms with van der Waals surface area (Å²) < 4.78 is 0. The Kier molecular flexibility index (Phi) is 9.47. The van der Waals surface area contributed by atoms with Gasteiger partial charge in [-0.1, -0.05) is 249 Å². The third-order valence-corrected chi connectivity index (χ3v) is 14.3. The van der Waals surface area contributed by atoms with Crippen molar-refractivity contribution >= 4 is 49.4 Å². The lowest BCUT2D eigenvalue weighted by Crippen LogP contribution is -2.28. The molecule has 1 nitrogen and oxygen atoms in total. The number of anilines is 3. The molecule has 0 heterocycles. The van der Waals surface area contributed by atoms with Gasteiger partial charge in [0.1, 0.15) is 0 Å². The van der Waals surface area contributed by atoms with E-state index in [2.05, 4.69) is 278 Å². The van der Waals surface area contributed by atoms with Gasteiger partial charge >= 0.3 is 0 Å². The number of nitrogens with zero attached hydrogens (tertiary/aromatic N) is 1. The van der Waals surface area contributed by atoms with Crippen LogP contribution < -0.4 is 4.90 Å². The van der Waals surface area contributed by atoms with Crippen LogP contribution in [0.5, 0.6) is 0 Å². The van der Waals surface area contributed by atoms with Crippen LogP contribution in [-0.4, -0.2) is 0 Å². The van der Waals surface area contributed by atoms with E-state index < -0.39 is 5.41 Å². The van der Waals surface area contributed by atoms with Gasteiger partial charge in [-0.05, 0) is 107 Å². The van der Waals surface area contributed by atoms with E-state index >= 15 is 0 Å². The van der Waals surface area contributed by atoms with Crippen molar-refractivity contribution in [2.45, 2.75) is 5.41 Å². The summed E-state index contributed by atoms with van der Waals surface area (Å²) in [6.45, 7) is 0. The minimum atomic E-state index is -0.542. The van der Waals surface area contributed by atoms with Gasteiger partial charge in [0.25, 0.3) is 0 Å². The van der Waals surface area contributed by atoms with Crippen LogP contribution in [0, 0.1) is 0 Å². The maximum atomic E-state index is 2.55. The van der Waals surface area contributed by atoms with Crippen LogP contribution in [0.2, 0.25) is 0 Å². The molecule has 12 aromatic carbocycles. The summed E-state index contributed by atoms with van der Waals surface area (Å²) in [5, 5.41) is 7.35. The Morgan fingerprint density at radius 1 is 0.250 bits per heavy atom. The quantitative estimate of drug-likeness (QED) is 0.138. The van der Waals surface area contributed by atoms with Crippen molar-refractivity contribution in [3.8, 4) is 44.5 Å². The normalized spacial score (nSPS) is 12.5. The van der Waals surface area contributed by atoms with Gasteiger partial charge in [-0.25, -0.2) is 0 Å². The Morgan fingerprint density at radius 3 is 1.43 bits per heavy atom. The third kappa shape index (κ3) is 6.10. The monoisotopic (exact) mass is 863 g/mol. The van der Waals surface area contributed by atoms with E-state index in [9.17, 15) is 0 Å². The molecule has 0 saturated carbocycles. The molecule has 1 aliphatic carbocycles. The van der Waals surface area contributed by atoms with Crippen LogP contribution in [0.3, 0.4) is 0 Å². The first-order valence-corrected chi connectivity index (χ1v) is 23.6. The highest BCUT2D eigenvalue weighted by atomic mass is 15.1. The molecule has 1 heteroatoms. The molecular weight excluding hydrogens is 819 g/mol. The van der Waals surface area contributed by atoms with Crippen molar-refractivity contribution in [3.63, 3.8) is 0 Å². The molecule has 0 aliphatic heterocycles. The summed E-state index contributed by atoms with van der Waals surface area (Å²) in [6.07, 6.45) is 0. The first-order chi connectivity index (χ1) is 33.8. The molecule has 0 aromatic heterocycles. The summed E-state index contributed by atoms with van der Waals surface area (Å²) in [4.78, 5) is 2.55. The van der Waals surface area contributed by atoms with Gasteiger partial charge in [0, 0.05) is 16.5 Å². The van der Waals surface area contributed by atoms with Crippen molar-refractivity contribution in [2.75, 3.05) is 4.90 Å². The largest absolute Gasteiger partial charge is 0.309 e. The molecule has 1 aliphatic rings. The van der Waals surface area contributed by atoms with Crippen molar-refractivity contribution in [2.24, 2.45) is 0 Å². The van der Waals surface area contributed by atoms with Gasteiger partial charge in [-0.15, -0.1) is 0 Å². The molecule has 0 N–H and O–H groups in total. The molecular formula is C67H45N. The third-order valence-electron chi connectivity index (χ3n) is 14.3. The van der Waals surface area contributed by atoms with Crippen LogP contribution >= 0.6 is 0 Å². The fourth-order valence-electron chi connectivity index (χ4n) is 11.5. The maximum absolute atomic E-state index is 2.55. The van der Waals surface area contributed by atoms with Gasteiger partial charge in [-0.2, -0.15) is 0 Å². The summed E-state index contributed by atoms with van der Waals surface area (Å²) >= 11 is 0. The van der Waals surface area contributed by atoms with Gasteiger partial charge in [0.2, 0.25) is 0 Å². The van der Waals surface area contributed by atoms with Crippen LogP contribution in [-0.2, 0) is 5.41 Å². The zero-order valence-electron chi connectivity index (χ0n) is 37.4. The highest BCUT2D eigenvalue weighted by Crippen LogP contribution is 2.60. The Bertz CT molecular complexity index is 3790. The number of benzene rings is 12. The van der Waals surface area contributed by atoms with E-state index in [0.29, 0.717) is 0 Å². The second kappa shape index (κ2) is 16.3. The van der Waals surface area contributed by atoms with Crippen molar-refractivity contribution in [1.29, 1.82) is 0 Å².